The smallest absolute Gasteiger partial charge is 0.254 e. The third-order valence-corrected chi connectivity index (χ3v) is 2.70. The lowest BCUT2D eigenvalue weighted by Crippen LogP contribution is -2.41. The van der Waals surface area contributed by atoms with Gasteiger partial charge in [0.2, 0.25) is 0 Å². The predicted octanol–water partition coefficient (Wildman–Crippen LogP) is 2.15. The molecule has 0 aromatic heterocycles. The van der Waals surface area contributed by atoms with Crippen LogP contribution in [0.5, 0.6) is 5.75 Å². The van der Waals surface area contributed by atoms with E-state index in [9.17, 15) is 9.90 Å². The Morgan fingerprint density at radius 3 is 2.60 bits per heavy atom. The third-order valence-electron chi connectivity index (χ3n) is 2.70. The Morgan fingerprint density at radius 2 is 2.00 bits per heavy atom. The van der Waals surface area contributed by atoms with Gasteiger partial charge in [0.25, 0.3) is 5.91 Å². The lowest BCUT2D eigenvalue weighted by atomic mass is 10.1. The van der Waals surface area contributed by atoms with Crippen LogP contribution in [0.2, 0.25) is 0 Å². The lowest BCUT2D eigenvalue weighted by molar-refractivity contribution is 0.0609. The van der Waals surface area contributed by atoms with Crippen LogP contribution in [-0.4, -0.2) is 21.5 Å². The SMILES string of the molecule is CC(C)(C)N1Cc2cc(O)ccc2C1=O. The average Bonchev–Trinajstić information content (AvgIpc) is 2.42. The van der Waals surface area contributed by atoms with Crippen molar-refractivity contribution in [2.24, 2.45) is 0 Å². The van der Waals surface area contributed by atoms with E-state index >= 15 is 0 Å². The van der Waals surface area contributed by atoms with Gasteiger partial charge in [-0.25, -0.2) is 0 Å². The number of benzene rings is 1. The van der Waals surface area contributed by atoms with E-state index in [0.717, 1.165) is 5.56 Å². The van der Waals surface area contributed by atoms with Crippen LogP contribution in [-0.2, 0) is 6.54 Å². The Morgan fingerprint density at radius 1 is 1.33 bits per heavy atom. The van der Waals surface area contributed by atoms with Crippen molar-refractivity contribution < 1.29 is 9.90 Å². The van der Waals surface area contributed by atoms with Gasteiger partial charge >= 0.3 is 0 Å². The Labute approximate surface area is 89.3 Å². The second kappa shape index (κ2) is 2.99. The van der Waals surface area contributed by atoms with Gasteiger partial charge < -0.3 is 10.0 Å². The molecule has 0 bridgehead atoms. The van der Waals surface area contributed by atoms with Gasteiger partial charge in [0.05, 0.1) is 0 Å². The molecule has 80 valence electrons. The monoisotopic (exact) mass is 205 g/mol. The van der Waals surface area contributed by atoms with Crippen LogP contribution in [0.3, 0.4) is 0 Å². The molecular formula is C12H15NO2. The highest BCUT2D eigenvalue weighted by Crippen LogP contribution is 2.30. The Hall–Kier alpha value is -1.51. The Kier molecular flexibility index (Phi) is 2.00. The van der Waals surface area contributed by atoms with Crippen LogP contribution in [0.25, 0.3) is 0 Å². The molecule has 0 spiro atoms. The molecule has 0 radical (unpaired) electrons. The van der Waals surface area contributed by atoms with Crippen molar-refractivity contribution in [2.45, 2.75) is 32.9 Å². The highest BCUT2D eigenvalue weighted by Gasteiger charge is 2.34. The molecule has 0 saturated carbocycles. The Bertz CT molecular complexity index is 418. The predicted molar refractivity (Wildman–Crippen MR) is 57.7 cm³/mol. The number of rotatable bonds is 0. The van der Waals surface area contributed by atoms with Crippen molar-refractivity contribution in [3.05, 3.63) is 29.3 Å². The van der Waals surface area contributed by atoms with Gasteiger partial charge in [0, 0.05) is 17.6 Å². The molecule has 0 saturated heterocycles. The number of carbonyl (C=O) groups excluding carboxylic acids is 1. The highest BCUT2D eigenvalue weighted by molar-refractivity contribution is 5.98. The summed E-state index contributed by atoms with van der Waals surface area (Å²) in [4.78, 5) is 13.8. The van der Waals surface area contributed by atoms with Crippen molar-refractivity contribution in [3.8, 4) is 5.75 Å². The molecule has 1 aromatic carbocycles. The number of nitrogens with zero attached hydrogens (tertiary/aromatic N) is 1. The fourth-order valence-corrected chi connectivity index (χ4v) is 1.85. The molecule has 15 heavy (non-hydrogen) atoms. The summed E-state index contributed by atoms with van der Waals surface area (Å²) >= 11 is 0. The summed E-state index contributed by atoms with van der Waals surface area (Å²) in [6.07, 6.45) is 0. The van der Waals surface area contributed by atoms with Gasteiger partial charge in [0.15, 0.2) is 0 Å². The molecule has 2 rings (SSSR count). The van der Waals surface area contributed by atoms with Crippen LogP contribution < -0.4 is 0 Å². The average molecular weight is 205 g/mol. The minimum Gasteiger partial charge on any atom is -0.508 e. The summed E-state index contributed by atoms with van der Waals surface area (Å²) < 4.78 is 0. The molecule has 3 nitrogen and oxygen atoms in total. The number of amides is 1. The minimum atomic E-state index is -0.175. The van der Waals surface area contributed by atoms with Gasteiger partial charge in [-0.3, -0.25) is 4.79 Å². The van der Waals surface area contributed by atoms with E-state index < -0.39 is 0 Å². The zero-order chi connectivity index (χ0) is 11.2. The molecule has 1 amide bonds. The van der Waals surface area contributed by atoms with Gasteiger partial charge in [-0.1, -0.05) is 0 Å². The second-order valence-corrected chi connectivity index (χ2v) is 4.90. The molecule has 1 aliphatic heterocycles. The van der Waals surface area contributed by atoms with Crippen molar-refractivity contribution in [1.82, 2.24) is 4.90 Å². The fourth-order valence-electron chi connectivity index (χ4n) is 1.85. The fraction of sp³-hybridized carbons (Fsp3) is 0.417. The van der Waals surface area contributed by atoms with E-state index in [-0.39, 0.29) is 17.2 Å². The molecule has 0 aliphatic carbocycles. The van der Waals surface area contributed by atoms with E-state index in [4.69, 9.17) is 0 Å². The number of phenols is 1. The molecule has 0 unspecified atom stereocenters. The second-order valence-electron chi connectivity index (χ2n) is 4.90. The van der Waals surface area contributed by atoms with E-state index in [1.54, 1.807) is 18.2 Å². The summed E-state index contributed by atoms with van der Waals surface area (Å²) in [6.45, 7) is 6.62. The first-order valence-corrected chi connectivity index (χ1v) is 5.03. The summed E-state index contributed by atoms with van der Waals surface area (Å²) in [6, 6.07) is 4.92. The number of carbonyl (C=O) groups is 1. The van der Waals surface area contributed by atoms with E-state index in [1.165, 1.54) is 0 Å². The topological polar surface area (TPSA) is 40.5 Å². The number of hydrogen-bond acceptors (Lipinski definition) is 2. The van der Waals surface area contributed by atoms with Crippen LogP contribution in [0, 0.1) is 0 Å². The maximum atomic E-state index is 12.0. The van der Waals surface area contributed by atoms with Gasteiger partial charge in [-0.05, 0) is 44.5 Å². The molecule has 1 aliphatic rings. The van der Waals surface area contributed by atoms with E-state index in [2.05, 4.69) is 0 Å². The molecule has 1 aromatic rings. The first-order valence-electron chi connectivity index (χ1n) is 5.03. The number of phenolic OH excluding ortho intramolecular Hbond substituents is 1. The largest absolute Gasteiger partial charge is 0.508 e. The Balaban J connectivity index is 2.42. The quantitative estimate of drug-likeness (QED) is 0.705. The zero-order valence-electron chi connectivity index (χ0n) is 9.24. The molecule has 0 atom stereocenters. The molecule has 3 heteroatoms. The van der Waals surface area contributed by atoms with E-state index in [1.807, 2.05) is 25.7 Å². The van der Waals surface area contributed by atoms with Gasteiger partial charge in [-0.15, -0.1) is 0 Å². The maximum absolute atomic E-state index is 12.0. The number of hydrogen-bond donors (Lipinski definition) is 1. The van der Waals surface area contributed by atoms with Crippen molar-refractivity contribution in [1.29, 1.82) is 0 Å². The van der Waals surface area contributed by atoms with Crippen molar-refractivity contribution >= 4 is 5.91 Å². The first-order chi connectivity index (χ1) is 6.89. The van der Waals surface area contributed by atoms with E-state index in [0.29, 0.717) is 12.1 Å². The van der Waals surface area contributed by atoms with Crippen LogP contribution in [0.4, 0.5) is 0 Å². The summed E-state index contributed by atoms with van der Waals surface area (Å²) in [5.74, 6) is 0.273. The molecule has 1 heterocycles. The summed E-state index contributed by atoms with van der Waals surface area (Å²) in [5, 5.41) is 9.34. The van der Waals surface area contributed by atoms with Gasteiger partial charge in [0.1, 0.15) is 5.75 Å². The highest BCUT2D eigenvalue weighted by atomic mass is 16.3. The number of fused-ring (bicyclic) bond motifs is 1. The zero-order valence-corrected chi connectivity index (χ0v) is 9.24. The van der Waals surface area contributed by atoms with Crippen LogP contribution in [0.15, 0.2) is 18.2 Å². The van der Waals surface area contributed by atoms with Crippen LogP contribution in [0.1, 0.15) is 36.7 Å². The third kappa shape index (κ3) is 1.58. The van der Waals surface area contributed by atoms with Crippen LogP contribution >= 0.6 is 0 Å². The first kappa shape index (κ1) is 10.0. The molecule has 1 N–H and O–H groups in total. The summed E-state index contributed by atoms with van der Waals surface area (Å²) in [7, 11) is 0. The van der Waals surface area contributed by atoms with Gasteiger partial charge in [-0.2, -0.15) is 0 Å². The lowest BCUT2D eigenvalue weighted by Gasteiger charge is -2.31. The summed E-state index contributed by atoms with van der Waals surface area (Å²) in [5.41, 5.74) is 1.45. The number of aromatic hydroxyl groups is 1. The van der Waals surface area contributed by atoms with Crippen molar-refractivity contribution in [2.75, 3.05) is 0 Å². The molecular weight excluding hydrogens is 190 g/mol. The maximum Gasteiger partial charge on any atom is 0.254 e. The normalized spacial score (nSPS) is 15.7. The van der Waals surface area contributed by atoms with Crippen molar-refractivity contribution in [3.63, 3.8) is 0 Å². The molecule has 0 fully saturated rings. The standard InChI is InChI=1S/C12H15NO2/c1-12(2,3)13-7-8-6-9(14)4-5-10(8)11(13)15/h4-6,14H,7H2,1-3H3. The minimum absolute atomic E-state index is 0.0532.